The van der Waals surface area contributed by atoms with E-state index in [1.807, 2.05) is 42.2 Å². The van der Waals surface area contributed by atoms with E-state index < -0.39 is 12.1 Å². The predicted octanol–water partition coefficient (Wildman–Crippen LogP) is 4.66. The number of hydrogen-bond acceptors (Lipinski definition) is 7. The Morgan fingerprint density at radius 2 is 1.74 bits per heavy atom. The Hall–Kier alpha value is -4.15. The lowest BCUT2D eigenvalue weighted by Gasteiger charge is -2.38. The van der Waals surface area contributed by atoms with Gasteiger partial charge in [0.1, 0.15) is 6.67 Å². The zero-order valence-electron chi connectivity index (χ0n) is 20.7. The van der Waals surface area contributed by atoms with Crippen LogP contribution >= 0.6 is 11.8 Å². The van der Waals surface area contributed by atoms with Crippen molar-refractivity contribution in [1.82, 2.24) is 4.90 Å². The van der Waals surface area contributed by atoms with Crippen LogP contribution in [0.5, 0.6) is 0 Å². The normalized spacial score (nSPS) is 16.1. The maximum Gasteiger partial charge on any atom is 0.291 e. The van der Waals surface area contributed by atoms with Crippen LogP contribution in [0.2, 0.25) is 0 Å². The van der Waals surface area contributed by atoms with Crippen LogP contribution in [-0.2, 0) is 9.53 Å². The zero-order valence-corrected chi connectivity index (χ0v) is 21.5. The molecule has 4 amide bonds. The lowest BCUT2D eigenvalue weighted by atomic mass is 10.0. The topological polar surface area (TPSA) is 113 Å². The molecule has 3 aromatic carbocycles. The van der Waals surface area contributed by atoms with Crippen molar-refractivity contribution in [3.63, 3.8) is 0 Å². The van der Waals surface area contributed by atoms with Crippen molar-refractivity contribution >= 4 is 51.8 Å². The lowest BCUT2D eigenvalue weighted by molar-refractivity contribution is -0.136. The van der Waals surface area contributed by atoms with Gasteiger partial charge in [0.25, 0.3) is 11.1 Å². The Bertz CT molecular complexity index is 1400. The average Bonchev–Trinajstić information content (AvgIpc) is 3.27. The van der Waals surface area contributed by atoms with Gasteiger partial charge in [-0.2, -0.15) is 0 Å². The van der Waals surface area contributed by atoms with Crippen LogP contribution in [0.4, 0.5) is 21.9 Å². The number of para-hydroxylation sites is 1. The highest BCUT2D eigenvalue weighted by Gasteiger charge is 2.38. The summed E-state index contributed by atoms with van der Waals surface area (Å²) in [4.78, 5) is 55.4. The second-order valence-electron chi connectivity index (χ2n) is 8.87. The number of fused-ring (bicyclic) bond motifs is 1. The molecular weight excluding hydrogens is 504 g/mol. The fourth-order valence-electron chi connectivity index (χ4n) is 4.54. The fourth-order valence-corrected chi connectivity index (χ4v) is 5.26. The van der Waals surface area contributed by atoms with Gasteiger partial charge in [0.15, 0.2) is 6.23 Å². The van der Waals surface area contributed by atoms with Crippen molar-refractivity contribution in [2.75, 3.05) is 28.8 Å². The molecule has 0 radical (unpaired) electrons. The van der Waals surface area contributed by atoms with Crippen molar-refractivity contribution in [3.8, 4) is 0 Å². The molecule has 2 heterocycles. The summed E-state index contributed by atoms with van der Waals surface area (Å²) in [5, 5.41) is -0.362. The summed E-state index contributed by atoms with van der Waals surface area (Å²) >= 11 is 0.945. The maximum atomic E-state index is 13.8. The van der Waals surface area contributed by atoms with Gasteiger partial charge in [0.2, 0.25) is 11.8 Å². The van der Waals surface area contributed by atoms with E-state index in [1.54, 1.807) is 41.3 Å². The Morgan fingerprint density at radius 3 is 2.42 bits per heavy atom. The number of amides is 4. The van der Waals surface area contributed by atoms with Crippen LogP contribution in [-0.4, -0.2) is 46.9 Å². The van der Waals surface area contributed by atoms with E-state index in [0.717, 1.165) is 22.3 Å². The fraction of sp³-hybridized carbons (Fsp3) is 0.214. The summed E-state index contributed by atoms with van der Waals surface area (Å²) in [6.45, 7) is 2.50. The first-order chi connectivity index (χ1) is 18.4. The Morgan fingerprint density at radius 1 is 0.974 bits per heavy atom. The van der Waals surface area contributed by atoms with Crippen molar-refractivity contribution < 1.29 is 23.9 Å². The molecule has 38 heavy (non-hydrogen) atoms. The van der Waals surface area contributed by atoms with Crippen molar-refractivity contribution in [1.29, 1.82) is 0 Å². The molecule has 2 aliphatic heterocycles. The number of ether oxygens (including phenoxy) is 1. The molecule has 0 bridgehead atoms. The van der Waals surface area contributed by atoms with Crippen LogP contribution in [0, 0.1) is 0 Å². The van der Waals surface area contributed by atoms with Gasteiger partial charge >= 0.3 is 0 Å². The first-order valence-electron chi connectivity index (χ1n) is 12.2. The second kappa shape index (κ2) is 10.7. The summed E-state index contributed by atoms with van der Waals surface area (Å²) in [7, 11) is 0. The number of thioether (sulfide) groups is 1. The van der Waals surface area contributed by atoms with Crippen LogP contribution in [0.3, 0.4) is 0 Å². The summed E-state index contributed by atoms with van der Waals surface area (Å²) in [5.41, 5.74) is 8.74. The molecule has 1 atom stereocenters. The number of nitrogens with zero attached hydrogens (tertiary/aromatic N) is 3. The molecule has 0 aromatic heterocycles. The molecule has 0 aliphatic carbocycles. The summed E-state index contributed by atoms with van der Waals surface area (Å²) in [5.74, 6) is -1.18. The van der Waals surface area contributed by atoms with Crippen LogP contribution in [0.25, 0.3) is 0 Å². The molecule has 9 nitrogen and oxygen atoms in total. The molecule has 1 fully saturated rings. The van der Waals surface area contributed by atoms with E-state index >= 15 is 0 Å². The van der Waals surface area contributed by atoms with Crippen molar-refractivity contribution in [3.05, 3.63) is 89.5 Å². The van der Waals surface area contributed by atoms with E-state index in [9.17, 15) is 19.2 Å². The van der Waals surface area contributed by atoms with E-state index in [2.05, 4.69) is 0 Å². The highest BCUT2D eigenvalue weighted by atomic mass is 32.2. The lowest BCUT2D eigenvalue weighted by Crippen LogP contribution is -2.45. The van der Waals surface area contributed by atoms with Gasteiger partial charge < -0.3 is 15.4 Å². The predicted molar refractivity (Wildman–Crippen MR) is 145 cm³/mol. The van der Waals surface area contributed by atoms with Crippen molar-refractivity contribution in [2.45, 2.75) is 19.6 Å². The molecule has 0 saturated carbocycles. The molecule has 194 valence electrons. The van der Waals surface area contributed by atoms with E-state index in [1.165, 1.54) is 6.07 Å². The molecule has 5 rings (SSSR count). The van der Waals surface area contributed by atoms with Gasteiger partial charge in [-0.15, -0.1) is 0 Å². The Kier molecular flexibility index (Phi) is 7.17. The molecule has 2 aliphatic rings. The van der Waals surface area contributed by atoms with Gasteiger partial charge in [0, 0.05) is 29.1 Å². The van der Waals surface area contributed by atoms with Gasteiger partial charge in [-0.1, -0.05) is 49.0 Å². The van der Waals surface area contributed by atoms with Gasteiger partial charge in [-0.25, -0.2) is 4.90 Å². The number of carbonyl (C=O) groups excluding carboxylic acids is 4. The molecule has 10 heteroatoms. The minimum absolute atomic E-state index is 0.0696. The number of anilines is 3. The highest BCUT2D eigenvalue weighted by molar-refractivity contribution is 8.14. The Labute approximate surface area is 224 Å². The van der Waals surface area contributed by atoms with Gasteiger partial charge in [-0.3, -0.25) is 24.1 Å². The van der Waals surface area contributed by atoms with Crippen LogP contribution in [0.1, 0.15) is 45.9 Å². The third kappa shape index (κ3) is 4.75. The SMILES string of the molecule is CCCOC(c1cccc(N2CN(c3ccccc3)c3ccc(C(N)=O)cc3C2=O)c1)N1C(=O)CSC1=O. The van der Waals surface area contributed by atoms with Crippen LogP contribution in [0.15, 0.2) is 72.8 Å². The van der Waals surface area contributed by atoms with Gasteiger partial charge in [0.05, 0.1) is 17.0 Å². The molecule has 3 aromatic rings. The average molecular weight is 531 g/mol. The number of imide groups is 1. The number of hydrogen-bond donors (Lipinski definition) is 1. The first kappa shape index (κ1) is 25.5. The largest absolute Gasteiger partial charge is 0.366 e. The number of carbonyl (C=O) groups is 4. The molecular formula is C28H26N4O5S. The number of primary amides is 1. The molecule has 1 saturated heterocycles. The van der Waals surface area contributed by atoms with Crippen molar-refractivity contribution in [2.24, 2.45) is 5.73 Å². The van der Waals surface area contributed by atoms with E-state index in [4.69, 9.17) is 10.5 Å². The van der Waals surface area contributed by atoms with Gasteiger partial charge in [-0.05, 0) is 48.9 Å². The minimum atomic E-state index is -0.899. The quantitative estimate of drug-likeness (QED) is 0.451. The zero-order chi connectivity index (χ0) is 26.8. The monoisotopic (exact) mass is 530 g/mol. The molecule has 2 N–H and O–H groups in total. The smallest absolute Gasteiger partial charge is 0.291 e. The minimum Gasteiger partial charge on any atom is -0.366 e. The summed E-state index contributed by atoms with van der Waals surface area (Å²) < 4.78 is 5.97. The standard InChI is InChI=1S/C28H26N4O5S/c1-2-13-37-27(32-24(33)16-38-28(32)36)19-7-6-10-21(14-19)31-17-30(20-8-4-3-5-9-20)23-12-11-18(25(29)34)15-22(23)26(31)35/h3-12,14-15,27H,2,13,16-17H2,1H3,(H2,29,34). The number of nitrogens with two attached hydrogens (primary N) is 1. The third-order valence-corrected chi connectivity index (χ3v) is 7.20. The van der Waals surface area contributed by atoms with E-state index in [-0.39, 0.29) is 35.0 Å². The summed E-state index contributed by atoms with van der Waals surface area (Å²) in [6, 6.07) is 21.5. The number of rotatable bonds is 8. The van der Waals surface area contributed by atoms with E-state index in [0.29, 0.717) is 35.5 Å². The number of benzene rings is 3. The second-order valence-corrected chi connectivity index (χ2v) is 9.80. The maximum absolute atomic E-state index is 13.8. The molecule has 1 unspecified atom stereocenters. The third-order valence-electron chi connectivity index (χ3n) is 6.36. The highest BCUT2D eigenvalue weighted by Crippen LogP contribution is 2.38. The van der Waals surface area contributed by atoms with Crippen LogP contribution < -0.4 is 15.5 Å². The first-order valence-corrected chi connectivity index (χ1v) is 13.2. The Balaban J connectivity index is 1.57. The summed E-state index contributed by atoms with van der Waals surface area (Å²) in [6.07, 6.45) is -0.196. The molecule has 0 spiro atoms.